The van der Waals surface area contributed by atoms with Crippen molar-refractivity contribution in [2.45, 2.75) is 36.4 Å². The van der Waals surface area contributed by atoms with Gasteiger partial charge in [0.1, 0.15) is 12.4 Å². The lowest BCUT2D eigenvalue weighted by Gasteiger charge is -2.12. The molecule has 0 bridgehead atoms. The number of hydrogen-bond acceptors (Lipinski definition) is 5. The van der Waals surface area contributed by atoms with Crippen LogP contribution in [0.15, 0.2) is 47.9 Å². The summed E-state index contributed by atoms with van der Waals surface area (Å²) >= 11 is 1.47. The Balaban J connectivity index is 1.48. The van der Waals surface area contributed by atoms with E-state index in [1.165, 1.54) is 23.9 Å². The molecule has 0 unspecified atom stereocenters. The molecule has 1 aliphatic heterocycles. The number of carbonyl (C=O) groups is 1. The lowest BCUT2D eigenvalue weighted by atomic mass is 10.2. The van der Waals surface area contributed by atoms with Crippen LogP contribution < -0.4 is 5.32 Å². The quantitative estimate of drug-likeness (QED) is 0.617. The maximum Gasteiger partial charge on any atom is 0.240 e. The van der Waals surface area contributed by atoms with Gasteiger partial charge >= 0.3 is 0 Å². The SMILES string of the molecule is O=C(Cn1c(SCc2cccc(F)c2)nc2ccncc21)NC[C@H]1CCCO1. The number of pyridine rings is 1. The van der Waals surface area contributed by atoms with E-state index in [0.29, 0.717) is 17.5 Å². The number of carbonyl (C=O) groups excluding carboxylic acids is 1. The molecule has 1 aromatic carbocycles. The largest absolute Gasteiger partial charge is 0.376 e. The van der Waals surface area contributed by atoms with E-state index in [2.05, 4.69) is 15.3 Å². The van der Waals surface area contributed by atoms with E-state index in [0.717, 1.165) is 36.0 Å². The van der Waals surface area contributed by atoms with Crippen LogP contribution in [-0.2, 0) is 21.8 Å². The summed E-state index contributed by atoms with van der Waals surface area (Å²) in [6, 6.07) is 8.32. The maximum atomic E-state index is 13.4. The molecule has 2 aromatic heterocycles. The Morgan fingerprint density at radius 3 is 3.14 bits per heavy atom. The van der Waals surface area contributed by atoms with E-state index in [-0.39, 0.29) is 24.4 Å². The summed E-state index contributed by atoms with van der Waals surface area (Å²) in [7, 11) is 0. The van der Waals surface area contributed by atoms with Gasteiger partial charge in [0.15, 0.2) is 5.16 Å². The number of fused-ring (bicyclic) bond motifs is 1. The number of imidazole rings is 1. The molecular weight excluding hydrogens is 379 g/mol. The minimum atomic E-state index is -0.260. The average molecular weight is 400 g/mol. The van der Waals surface area contributed by atoms with Crippen LogP contribution >= 0.6 is 11.8 Å². The van der Waals surface area contributed by atoms with Crippen LogP contribution in [-0.4, -0.2) is 39.7 Å². The molecule has 28 heavy (non-hydrogen) atoms. The van der Waals surface area contributed by atoms with E-state index in [9.17, 15) is 9.18 Å². The molecule has 0 aliphatic carbocycles. The number of aromatic nitrogens is 3. The molecule has 1 amide bonds. The average Bonchev–Trinajstić information content (AvgIpc) is 3.33. The van der Waals surface area contributed by atoms with Crippen molar-refractivity contribution in [3.05, 3.63) is 54.1 Å². The van der Waals surface area contributed by atoms with E-state index in [1.807, 2.05) is 16.7 Å². The van der Waals surface area contributed by atoms with Crippen molar-refractivity contribution in [2.24, 2.45) is 0 Å². The van der Waals surface area contributed by atoms with Crippen LogP contribution in [0.4, 0.5) is 4.39 Å². The predicted octanol–water partition coefficient (Wildman–Crippen LogP) is 3.16. The van der Waals surface area contributed by atoms with Crippen LogP contribution in [0.25, 0.3) is 11.0 Å². The van der Waals surface area contributed by atoms with Gasteiger partial charge in [0.05, 0.1) is 23.3 Å². The van der Waals surface area contributed by atoms with E-state index in [4.69, 9.17) is 4.74 Å². The number of hydrogen-bond donors (Lipinski definition) is 1. The summed E-state index contributed by atoms with van der Waals surface area (Å²) < 4.78 is 20.8. The zero-order valence-corrected chi connectivity index (χ0v) is 16.1. The van der Waals surface area contributed by atoms with Crippen molar-refractivity contribution in [2.75, 3.05) is 13.2 Å². The first-order valence-corrected chi connectivity index (χ1v) is 10.2. The number of amides is 1. The summed E-state index contributed by atoms with van der Waals surface area (Å²) in [5, 5.41) is 3.65. The van der Waals surface area contributed by atoms with Crippen molar-refractivity contribution >= 4 is 28.7 Å². The minimum absolute atomic E-state index is 0.0914. The second-order valence-electron chi connectivity index (χ2n) is 6.70. The van der Waals surface area contributed by atoms with Gasteiger partial charge in [-0.2, -0.15) is 0 Å². The highest BCUT2D eigenvalue weighted by Gasteiger charge is 2.18. The molecule has 0 radical (unpaired) electrons. The third kappa shape index (κ3) is 4.51. The third-order valence-electron chi connectivity index (χ3n) is 4.63. The second-order valence-corrected chi connectivity index (χ2v) is 7.65. The normalized spacial score (nSPS) is 16.5. The molecule has 0 spiro atoms. The van der Waals surface area contributed by atoms with E-state index < -0.39 is 0 Å². The Kier molecular flexibility index (Phi) is 5.87. The molecule has 6 nitrogen and oxygen atoms in total. The van der Waals surface area contributed by atoms with Crippen molar-refractivity contribution in [3.8, 4) is 0 Å². The Labute approximate surface area is 166 Å². The van der Waals surface area contributed by atoms with Crippen LogP contribution in [0.2, 0.25) is 0 Å². The number of nitrogens with one attached hydrogen (secondary N) is 1. The highest BCUT2D eigenvalue weighted by molar-refractivity contribution is 7.98. The Morgan fingerprint density at radius 2 is 2.32 bits per heavy atom. The summed E-state index contributed by atoms with van der Waals surface area (Å²) in [5.74, 6) is 0.210. The molecule has 1 atom stereocenters. The number of benzene rings is 1. The van der Waals surface area contributed by atoms with Crippen molar-refractivity contribution in [1.82, 2.24) is 19.9 Å². The molecule has 8 heteroatoms. The summed E-state index contributed by atoms with van der Waals surface area (Å²) in [5.41, 5.74) is 2.45. The van der Waals surface area contributed by atoms with Gasteiger partial charge in [-0.1, -0.05) is 23.9 Å². The van der Waals surface area contributed by atoms with E-state index in [1.54, 1.807) is 18.5 Å². The van der Waals surface area contributed by atoms with Crippen molar-refractivity contribution in [3.63, 3.8) is 0 Å². The number of ether oxygens (including phenoxy) is 1. The van der Waals surface area contributed by atoms with Gasteiger partial charge in [0.25, 0.3) is 0 Å². The first kappa shape index (κ1) is 18.9. The van der Waals surface area contributed by atoms with Crippen LogP contribution in [0.1, 0.15) is 18.4 Å². The first-order valence-electron chi connectivity index (χ1n) is 9.25. The number of nitrogens with zero attached hydrogens (tertiary/aromatic N) is 3. The maximum absolute atomic E-state index is 13.4. The highest BCUT2D eigenvalue weighted by Crippen LogP contribution is 2.26. The lowest BCUT2D eigenvalue weighted by molar-refractivity contribution is -0.122. The summed E-state index contributed by atoms with van der Waals surface area (Å²) in [4.78, 5) is 21.3. The Bertz CT molecular complexity index is 972. The fraction of sp³-hybridized carbons (Fsp3) is 0.350. The standard InChI is InChI=1S/C20H21FN4O2S/c21-15-4-1-3-14(9-15)13-28-20-24-17-6-7-22-11-18(17)25(20)12-19(26)23-10-16-5-2-8-27-16/h1,3-4,6-7,9,11,16H,2,5,8,10,12-13H2,(H,23,26)/t16-/m1/s1. The molecule has 1 saturated heterocycles. The number of rotatable bonds is 7. The first-order chi connectivity index (χ1) is 13.7. The van der Waals surface area contributed by atoms with Crippen molar-refractivity contribution in [1.29, 1.82) is 0 Å². The summed E-state index contributed by atoms with van der Waals surface area (Å²) in [6.45, 7) is 1.44. The van der Waals surface area contributed by atoms with Crippen molar-refractivity contribution < 1.29 is 13.9 Å². The van der Waals surface area contributed by atoms with Crippen LogP contribution in [0, 0.1) is 5.82 Å². The van der Waals surface area contributed by atoms with Gasteiger partial charge in [0, 0.05) is 25.1 Å². The topological polar surface area (TPSA) is 69.0 Å². The van der Waals surface area contributed by atoms with Gasteiger partial charge in [-0.25, -0.2) is 9.37 Å². The fourth-order valence-corrected chi connectivity index (χ4v) is 4.17. The molecule has 3 aromatic rings. The van der Waals surface area contributed by atoms with Gasteiger partial charge in [-0.15, -0.1) is 0 Å². The predicted molar refractivity (Wildman–Crippen MR) is 105 cm³/mol. The summed E-state index contributed by atoms with van der Waals surface area (Å²) in [6.07, 6.45) is 5.51. The molecule has 1 N–H and O–H groups in total. The lowest BCUT2D eigenvalue weighted by Crippen LogP contribution is -2.34. The van der Waals surface area contributed by atoms with Gasteiger partial charge in [-0.3, -0.25) is 9.78 Å². The van der Waals surface area contributed by atoms with E-state index >= 15 is 0 Å². The molecule has 146 valence electrons. The fourth-order valence-electron chi connectivity index (χ4n) is 3.22. The molecule has 1 aliphatic rings. The highest BCUT2D eigenvalue weighted by atomic mass is 32.2. The Hall–Kier alpha value is -2.45. The molecule has 4 rings (SSSR count). The van der Waals surface area contributed by atoms with Gasteiger partial charge in [-0.05, 0) is 36.6 Å². The number of thioether (sulfide) groups is 1. The second kappa shape index (κ2) is 8.70. The number of halogens is 1. The van der Waals surface area contributed by atoms with Gasteiger partial charge < -0.3 is 14.6 Å². The smallest absolute Gasteiger partial charge is 0.240 e. The monoisotopic (exact) mass is 400 g/mol. The molecule has 1 fully saturated rings. The minimum Gasteiger partial charge on any atom is -0.376 e. The zero-order valence-electron chi connectivity index (χ0n) is 15.3. The van der Waals surface area contributed by atoms with Crippen LogP contribution in [0.3, 0.4) is 0 Å². The van der Waals surface area contributed by atoms with Crippen LogP contribution in [0.5, 0.6) is 0 Å². The molecular formula is C20H21FN4O2S. The third-order valence-corrected chi connectivity index (χ3v) is 5.67. The Morgan fingerprint density at radius 1 is 1.39 bits per heavy atom. The molecule has 3 heterocycles. The zero-order chi connectivity index (χ0) is 19.3. The molecule has 0 saturated carbocycles. The van der Waals surface area contributed by atoms with Gasteiger partial charge in [0.2, 0.25) is 5.91 Å².